The molecule has 0 radical (unpaired) electrons. The topological polar surface area (TPSA) is 55.8 Å². The molecule has 0 bridgehead atoms. The van der Waals surface area contributed by atoms with Crippen LogP contribution in [0.2, 0.25) is 0 Å². The number of carbonyl (C=O) groups excluding carboxylic acids is 1. The molecule has 0 saturated carbocycles. The Balaban J connectivity index is 2.43. The summed E-state index contributed by atoms with van der Waals surface area (Å²) in [5.41, 5.74) is 3.85. The van der Waals surface area contributed by atoms with Gasteiger partial charge in [-0.25, -0.2) is 0 Å². The van der Waals surface area contributed by atoms with Gasteiger partial charge in [0.25, 0.3) is 0 Å². The minimum absolute atomic E-state index is 0.0239. The van der Waals surface area contributed by atoms with Crippen LogP contribution in [0, 0.1) is 6.92 Å². The van der Waals surface area contributed by atoms with Gasteiger partial charge in [0.05, 0.1) is 26.7 Å². The van der Waals surface area contributed by atoms with Crippen molar-refractivity contribution in [3.05, 3.63) is 64.7 Å². The Morgan fingerprint density at radius 3 is 2.58 bits per heavy atom. The predicted molar refractivity (Wildman–Crippen MR) is 93.2 cm³/mol. The molecule has 2 rings (SSSR count). The second-order valence-corrected chi connectivity index (χ2v) is 5.68. The molecule has 4 heteroatoms. The molecule has 0 aliphatic rings. The van der Waals surface area contributed by atoms with Crippen molar-refractivity contribution in [2.45, 2.75) is 32.8 Å². The van der Waals surface area contributed by atoms with E-state index in [1.165, 1.54) is 0 Å². The van der Waals surface area contributed by atoms with Crippen LogP contribution in [-0.2, 0) is 16.1 Å². The smallest absolute Gasteiger partial charge is 0.306 e. The number of aliphatic hydroxyl groups is 1. The molecular formula is C20H24O4. The van der Waals surface area contributed by atoms with Gasteiger partial charge >= 0.3 is 5.97 Å². The molecular weight excluding hydrogens is 304 g/mol. The Morgan fingerprint density at radius 1 is 1.17 bits per heavy atom. The zero-order valence-electron chi connectivity index (χ0n) is 14.4. The summed E-state index contributed by atoms with van der Waals surface area (Å²) in [6.45, 7) is 4.10. The summed E-state index contributed by atoms with van der Waals surface area (Å²) in [4.78, 5) is 12.1. The highest BCUT2D eigenvalue weighted by atomic mass is 16.5. The van der Waals surface area contributed by atoms with E-state index < -0.39 is 0 Å². The van der Waals surface area contributed by atoms with Gasteiger partial charge in [-0.15, -0.1) is 0 Å². The molecule has 0 heterocycles. The molecule has 2 aromatic carbocycles. The first kappa shape index (κ1) is 18.0. The molecule has 4 nitrogen and oxygen atoms in total. The third-order valence-electron chi connectivity index (χ3n) is 4.12. The molecule has 24 heavy (non-hydrogen) atoms. The number of methoxy groups -OCH3 is 1. The van der Waals surface area contributed by atoms with Gasteiger partial charge in [-0.1, -0.05) is 30.3 Å². The number of aryl methyl sites for hydroxylation is 1. The monoisotopic (exact) mass is 328 g/mol. The van der Waals surface area contributed by atoms with E-state index in [1.54, 1.807) is 14.0 Å². The van der Waals surface area contributed by atoms with Crippen LogP contribution in [0.15, 0.2) is 42.5 Å². The number of carbonyl (C=O) groups is 1. The molecule has 0 fully saturated rings. The largest absolute Gasteiger partial charge is 0.497 e. The van der Waals surface area contributed by atoms with Crippen LogP contribution in [0.4, 0.5) is 0 Å². The summed E-state index contributed by atoms with van der Waals surface area (Å²) in [5, 5.41) is 9.53. The molecule has 0 aliphatic carbocycles. The zero-order valence-corrected chi connectivity index (χ0v) is 14.4. The summed E-state index contributed by atoms with van der Waals surface area (Å²) >= 11 is 0. The summed E-state index contributed by atoms with van der Waals surface area (Å²) in [7, 11) is 1.62. The predicted octanol–water partition coefficient (Wildman–Crippen LogP) is 3.58. The number of rotatable bonds is 7. The highest BCUT2D eigenvalue weighted by molar-refractivity contribution is 5.71. The van der Waals surface area contributed by atoms with Crippen LogP contribution < -0.4 is 4.74 Å². The number of aliphatic hydroxyl groups excluding tert-OH is 1. The Labute approximate surface area is 143 Å². The van der Waals surface area contributed by atoms with Crippen molar-refractivity contribution < 1.29 is 19.4 Å². The minimum Gasteiger partial charge on any atom is -0.497 e. The van der Waals surface area contributed by atoms with E-state index in [1.807, 2.05) is 49.4 Å². The molecule has 2 aromatic rings. The fourth-order valence-corrected chi connectivity index (χ4v) is 2.75. The molecule has 0 aromatic heterocycles. The van der Waals surface area contributed by atoms with Crippen LogP contribution in [0.1, 0.15) is 41.5 Å². The van der Waals surface area contributed by atoms with Crippen molar-refractivity contribution in [1.82, 2.24) is 0 Å². The molecule has 1 N–H and O–H groups in total. The Morgan fingerprint density at radius 2 is 1.92 bits per heavy atom. The first-order valence-electron chi connectivity index (χ1n) is 8.08. The summed E-state index contributed by atoms with van der Waals surface area (Å²) < 4.78 is 10.4. The average Bonchev–Trinajstić information content (AvgIpc) is 2.60. The fraction of sp³-hybridized carbons (Fsp3) is 0.350. The van der Waals surface area contributed by atoms with E-state index in [0.717, 1.165) is 28.0 Å². The maximum absolute atomic E-state index is 12.1. The van der Waals surface area contributed by atoms with E-state index >= 15 is 0 Å². The first-order valence-corrected chi connectivity index (χ1v) is 8.08. The number of hydrogen-bond acceptors (Lipinski definition) is 4. The summed E-state index contributed by atoms with van der Waals surface area (Å²) in [6, 6.07) is 13.6. The molecule has 1 atom stereocenters. The van der Waals surface area contributed by atoms with Gasteiger partial charge in [0.1, 0.15) is 5.75 Å². The van der Waals surface area contributed by atoms with E-state index in [2.05, 4.69) is 0 Å². The molecule has 0 aliphatic heterocycles. The van der Waals surface area contributed by atoms with Crippen LogP contribution >= 0.6 is 0 Å². The van der Waals surface area contributed by atoms with E-state index in [9.17, 15) is 9.90 Å². The molecule has 0 saturated heterocycles. The van der Waals surface area contributed by atoms with Crippen molar-refractivity contribution in [2.75, 3.05) is 13.7 Å². The van der Waals surface area contributed by atoms with Crippen molar-refractivity contribution >= 4 is 5.97 Å². The van der Waals surface area contributed by atoms with Crippen LogP contribution in [0.25, 0.3) is 0 Å². The summed E-state index contributed by atoms with van der Waals surface area (Å²) in [6.07, 6.45) is 0.245. The third-order valence-corrected chi connectivity index (χ3v) is 4.12. The average molecular weight is 328 g/mol. The van der Waals surface area contributed by atoms with Crippen molar-refractivity contribution in [3.63, 3.8) is 0 Å². The van der Waals surface area contributed by atoms with Crippen molar-refractivity contribution in [2.24, 2.45) is 0 Å². The van der Waals surface area contributed by atoms with Gasteiger partial charge in [-0.2, -0.15) is 0 Å². The second-order valence-electron chi connectivity index (χ2n) is 5.68. The molecule has 0 spiro atoms. The maximum atomic E-state index is 12.1. The van der Waals surface area contributed by atoms with Crippen molar-refractivity contribution in [1.29, 1.82) is 0 Å². The van der Waals surface area contributed by atoms with Gasteiger partial charge in [0.15, 0.2) is 0 Å². The maximum Gasteiger partial charge on any atom is 0.306 e. The van der Waals surface area contributed by atoms with Crippen LogP contribution in [-0.4, -0.2) is 24.8 Å². The first-order chi connectivity index (χ1) is 11.6. The van der Waals surface area contributed by atoms with Crippen LogP contribution in [0.3, 0.4) is 0 Å². The van der Waals surface area contributed by atoms with E-state index in [0.29, 0.717) is 6.61 Å². The lowest BCUT2D eigenvalue weighted by Crippen LogP contribution is -2.12. The number of ether oxygens (including phenoxy) is 2. The second kappa shape index (κ2) is 8.50. The Kier molecular flexibility index (Phi) is 6.38. The highest BCUT2D eigenvalue weighted by Crippen LogP contribution is 2.31. The lowest BCUT2D eigenvalue weighted by atomic mass is 9.87. The van der Waals surface area contributed by atoms with Crippen LogP contribution in [0.5, 0.6) is 5.75 Å². The van der Waals surface area contributed by atoms with Crippen molar-refractivity contribution in [3.8, 4) is 5.75 Å². The number of hydrogen-bond donors (Lipinski definition) is 1. The normalized spacial score (nSPS) is 11.8. The van der Waals surface area contributed by atoms with Gasteiger partial charge in [-0.05, 0) is 48.2 Å². The lowest BCUT2D eigenvalue weighted by molar-refractivity contribution is -0.143. The minimum atomic E-state index is -0.239. The SMILES string of the molecule is CCOC(=O)CC(c1cccc(OC)c1)c1ccc(C)c(CO)c1. The highest BCUT2D eigenvalue weighted by Gasteiger charge is 2.20. The quantitative estimate of drug-likeness (QED) is 0.789. The number of esters is 1. The standard InChI is InChI=1S/C20H24O4/c1-4-24-20(22)12-19(15-6-5-7-18(11-15)23-3)16-9-8-14(2)17(10-16)13-21/h5-11,19,21H,4,12-13H2,1-3H3. The van der Waals surface area contributed by atoms with E-state index in [-0.39, 0.29) is 24.9 Å². The molecule has 0 amide bonds. The fourth-order valence-electron chi connectivity index (χ4n) is 2.75. The van der Waals surface area contributed by atoms with E-state index in [4.69, 9.17) is 9.47 Å². The van der Waals surface area contributed by atoms with Gasteiger partial charge in [0, 0.05) is 5.92 Å². The van der Waals surface area contributed by atoms with Gasteiger partial charge < -0.3 is 14.6 Å². The Hall–Kier alpha value is -2.33. The Bertz CT molecular complexity index is 694. The molecule has 1 unspecified atom stereocenters. The zero-order chi connectivity index (χ0) is 17.5. The lowest BCUT2D eigenvalue weighted by Gasteiger charge is -2.19. The summed E-state index contributed by atoms with van der Waals surface area (Å²) in [5.74, 6) is 0.359. The number of benzene rings is 2. The third kappa shape index (κ3) is 4.36. The van der Waals surface area contributed by atoms with Gasteiger partial charge in [-0.3, -0.25) is 4.79 Å². The molecule has 128 valence electrons. The van der Waals surface area contributed by atoms with Gasteiger partial charge in [0.2, 0.25) is 0 Å².